The van der Waals surface area contributed by atoms with E-state index in [1.807, 2.05) is 6.92 Å². The van der Waals surface area contributed by atoms with Gasteiger partial charge in [-0.1, -0.05) is 42.8 Å². The van der Waals surface area contributed by atoms with E-state index < -0.39 is 0 Å². The van der Waals surface area contributed by atoms with E-state index in [0.717, 1.165) is 18.7 Å². The van der Waals surface area contributed by atoms with E-state index in [9.17, 15) is 0 Å². The molecule has 1 rings (SSSR count). The van der Waals surface area contributed by atoms with Crippen molar-refractivity contribution >= 4 is 23.2 Å². The molecular weight excluding hydrogens is 245 g/mol. The number of ether oxygens (including phenoxy) is 1. The lowest BCUT2D eigenvalue weighted by Gasteiger charge is -2.10. The second kappa shape index (κ2) is 6.79. The number of hydrogen-bond donors (Lipinski definition) is 1. The Morgan fingerprint density at radius 2 is 2.19 bits per heavy atom. The fraction of sp³-hybridized carbons (Fsp3) is 0.333. The summed E-state index contributed by atoms with van der Waals surface area (Å²) in [5, 5.41) is 4.11. The molecule has 0 radical (unpaired) electrons. The summed E-state index contributed by atoms with van der Waals surface area (Å²) in [6.45, 7) is 8.04. The molecule has 16 heavy (non-hydrogen) atoms. The Balaban J connectivity index is 2.48. The van der Waals surface area contributed by atoms with E-state index in [2.05, 4.69) is 11.9 Å². The zero-order valence-electron chi connectivity index (χ0n) is 9.22. The summed E-state index contributed by atoms with van der Waals surface area (Å²) < 4.78 is 5.52. The van der Waals surface area contributed by atoms with Crippen LogP contribution in [0.15, 0.2) is 30.4 Å². The molecule has 0 saturated carbocycles. The smallest absolute Gasteiger partial charge is 0.139 e. The van der Waals surface area contributed by atoms with Crippen LogP contribution in [0.5, 0.6) is 5.75 Å². The monoisotopic (exact) mass is 259 g/mol. The molecule has 0 unspecified atom stereocenters. The van der Waals surface area contributed by atoms with Crippen molar-refractivity contribution in [1.82, 2.24) is 5.32 Å². The Morgan fingerprint density at radius 3 is 2.88 bits per heavy atom. The van der Waals surface area contributed by atoms with Gasteiger partial charge in [0.05, 0.1) is 5.02 Å². The van der Waals surface area contributed by atoms with Crippen molar-refractivity contribution in [3.63, 3.8) is 0 Å². The molecule has 0 atom stereocenters. The van der Waals surface area contributed by atoms with Crippen molar-refractivity contribution in [3.8, 4) is 5.75 Å². The summed E-state index contributed by atoms with van der Waals surface area (Å²) in [6.07, 6.45) is 0. The van der Waals surface area contributed by atoms with Crippen LogP contribution in [0.1, 0.15) is 6.92 Å². The highest BCUT2D eigenvalue weighted by Gasteiger charge is 2.05. The fourth-order valence-corrected chi connectivity index (χ4v) is 1.47. The molecule has 0 bridgehead atoms. The summed E-state index contributed by atoms with van der Waals surface area (Å²) in [5.74, 6) is 0.590. The van der Waals surface area contributed by atoms with Crippen LogP contribution in [0.25, 0.3) is 0 Å². The first kappa shape index (κ1) is 13.4. The number of likely N-dealkylation sites (N-methyl/N-ethyl adjacent to an activating group) is 1. The standard InChI is InChI=1S/C12H15Cl2NO/c1-3-15-7-9(2)8-16-11-6-4-5-10(13)12(11)14/h4-6,15H,2-3,7-8H2,1H3. The van der Waals surface area contributed by atoms with Gasteiger partial charge >= 0.3 is 0 Å². The molecule has 2 nitrogen and oxygen atoms in total. The lowest BCUT2D eigenvalue weighted by atomic mass is 10.3. The van der Waals surface area contributed by atoms with Gasteiger partial charge in [-0.3, -0.25) is 0 Å². The second-order valence-electron chi connectivity index (χ2n) is 3.37. The maximum Gasteiger partial charge on any atom is 0.139 e. The van der Waals surface area contributed by atoms with E-state index in [-0.39, 0.29) is 0 Å². The van der Waals surface area contributed by atoms with E-state index in [1.165, 1.54) is 0 Å². The van der Waals surface area contributed by atoms with Gasteiger partial charge in [-0.15, -0.1) is 0 Å². The minimum atomic E-state index is 0.438. The Labute approximate surface area is 106 Å². The predicted octanol–water partition coefficient (Wildman–Crippen LogP) is 3.54. The Morgan fingerprint density at radius 1 is 1.44 bits per heavy atom. The minimum absolute atomic E-state index is 0.438. The van der Waals surface area contributed by atoms with E-state index >= 15 is 0 Å². The zero-order valence-corrected chi connectivity index (χ0v) is 10.7. The lowest BCUT2D eigenvalue weighted by molar-refractivity contribution is 0.349. The van der Waals surface area contributed by atoms with Crippen molar-refractivity contribution in [1.29, 1.82) is 0 Å². The number of benzene rings is 1. The molecule has 1 aromatic rings. The number of halogens is 2. The number of rotatable bonds is 6. The van der Waals surface area contributed by atoms with Crippen LogP contribution in [0.3, 0.4) is 0 Å². The third kappa shape index (κ3) is 4.05. The Hall–Kier alpha value is -0.700. The molecule has 0 amide bonds. The first-order valence-corrected chi connectivity index (χ1v) is 5.85. The van der Waals surface area contributed by atoms with Crippen LogP contribution in [0.4, 0.5) is 0 Å². The van der Waals surface area contributed by atoms with E-state index in [0.29, 0.717) is 22.4 Å². The van der Waals surface area contributed by atoms with Gasteiger partial charge in [0.25, 0.3) is 0 Å². The summed E-state index contributed by atoms with van der Waals surface area (Å²) in [7, 11) is 0. The molecule has 0 aliphatic heterocycles. The largest absolute Gasteiger partial charge is 0.488 e. The van der Waals surface area contributed by atoms with Crippen LogP contribution < -0.4 is 10.1 Å². The first-order valence-electron chi connectivity index (χ1n) is 5.09. The average molecular weight is 260 g/mol. The van der Waals surface area contributed by atoms with Crippen LogP contribution in [0.2, 0.25) is 10.0 Å². The second-order valence-corrected chi connectivity index (χ2v) is 4.16. The molecule has 88 valence electrons. The van der Waals surface area contributed by atoms with E-state index in [4.69, 9.17) is 27.9 Å². The number of hydrogen-bond acceptors (Lipinski definition) is 2. The maximum absolute atomic E-state index is 5.98. The topological polar surface area (TPSA) is 21.3 Å². The highest BCUT2D eigenvalue weighted by atomic mass is 35.5. The van der Waals surface area contributed by atoms with Gasteiger partial charge in [-0.25, -0.2) is 0 Å². The third-order valence-electron chi connectivity index (χ3n) is 1.97. The van der Waals surface area contributed by atoms with Gasteiger partial charge in [-0.2, -0.15) is 0 Å². The molecule has 0 heterocycles. The SMILES string of the molecule is C=C(CNCC)COc1cccc(Cl)c1Cl. The maximum atomic E-state index is 5.98. The molecule has 0 spiro atoms. The zero-order chi connectivity index (χ0) is 12.0. The van der Waals surface area contributed by atoms with Crippen LogP contribution in [-0.2, 0) is 0 Å². The van der Waals surface area contributed by atoms with Crippen molar-refractivity contribution in [3.05, 3.63) is 40.4 Å². The van der Waals surface area contributed by atoms with Crippen molar-refractivity contribution in [2.75, 3.05) is 19.7 Å². The molecular formula is C12H15Cl2NO. The molecule has 0 fully saturated rings. The van der Waals surface area contributed by atoms with Gasteiger partial charge in [0.2, 0.25) is 0 Å². The normalized spacial score (nSPS) is 10.2. The van der Waals surface area contributed by atoms with Crippen LogP contribution >= 0.6 is 23.2 Å². The van der Waals surface area contributed by atoms with Crippen molar-refractivity contribution in [2.45, 2.75) is 6.92 Å². The molecule has 4 heteroatoms. The van der Waals surface area contributed by atoms with Crippen molar-refractivity contribution < 1.29 is 4.74 Å². The molecule has 0 aliphatic rings. The first-order chi connectivity index (χ1) is 7.65. The number of nitrogens with one attached hydrogen (secondary N) is 1. The lowest BCUT2D eigenvalue weighted by Crippen LogP contribution is -2.18. The summed E-state index contributed by atoms with van der Waals surface area (Å²) in [5.41, 5.74) is 0.970. The predicted molar refractivity (Wildman–Crippen MR) is 69.6 cm³/mol. The fourth-order valence-electron chi connectivity index (χ4n) is 1.13. The summed E-state index contributed by atoms with van der Waals surface area (Å²) >= 11 is 11.8. The van der Waals surface area contributed by atoms with Gasteiger partial charge in [0, 0.05) is 6.54 Å². The Kier molecular flexibility index (Phi) is 5.67. The van der Waals surface area contributed by atoms with Gasteiger partial charge < -0.3 is 10.1 Å². The third-order valence-corrected chi connectivity index (χ3v) is 2.77. The molecule has 1 N–H and O–H groups in total. The van der Waals surface area contributed by atoms with Crippen LogP contribution in [-0.4, -0.2) is 19.7 Å². The summed E-state index contributed by atoms with van der Waals surface area (Å²) in [6, 6.07) is 5.32. The molecule has 0 aromatic heterocycles. The molecule has 0 aliphatic carbocycles. The quantitative estimate of drug-likeness (QED) is 0.790. The highest BCUT2D eigenvalue weighted by molar-refractivity contribution is 6.42. The summed E-state index contributed by atoms with van der Waals surface area (Å²) in [4.78, 5) is 0. The molecule has 1 aromatic carbocycles. The van der Waals surface area contributed by atoms with Crippen LogP contribution in [0, 0.1) is 0 Å². The van der Waals surface area contributed by atoms with Gasteiger partial charge in [0.15, 0.2) is 0 Å². The molecule has 0 saturated heterocycles. The van der Waals surface area contributed by atoms with Gasteiger partial charge in [-0.05, 0) is 24.3 Å². The minimum Gasteiger partial charge on any atom is -0.488 e. The van der Waals surface area contributed by atoms with Gasteiger partial charge in [0.1, 0.15) is 17.4 Å². The van der Waals surface area contributed by atoms with E-state index in [1.54, 1.807) is 18.2 Å². The average Bonchev–Trinajstić information content (AvgIpc) is 2.28. The highest BCUT2D eigenvalue weighted by Crippen LogP contribution is 2.31. The Bertz CT molecular complexity index is 366. The van der Waals surface area contributed by atoms with Crippen molar-refractivity contribution in [2.24, 2.45) is 0 Å².